The molecule has 0 aliphatic carbocycles. The fraction of sp³-hybridized carbons (Fsp3) is 1.00. The molecule has 0 amide bonds. The maximum absolute atomic E-state index is 5.62. The van der Waals surface area contributed by atoms with Gasteiger partial charge < -0.3 is 0 Å². The molecule has 0 saturated heterocycles. The first kappa shape index (κ1) is 19.3. The van der Waals surface area contributed by atoms with Crippen molar-refractivity contribution < 1.29 is 0 Å². The minimum absolute atomic E-state index is 0.504. The highest BCUT2D eigenvalue weighted by Crippen LogP contribution is 2.14. The first-order valence-electron chi connectivity index (χ1n) is 8.24. The summed E-state index contributed by atoms with van der Waals surface area (Å²) >= 11 is 2.03. The number of hydrogen-bond donors (Lipinski definition) is 2. The van der Waals surface area contributed by atoms with Crippen LogP contribution in [-0.2, 0) is 0 Å². The lowest BCUT2D eigenvalue weighted by Gasteiger charge is -2.16. The number of hydrogen-bond acceptors (Lipinski definition) is 3. The van der Waals surface area contributed by atoms with Gasteiger partial charge in [-0.25, -0.2) is 0 Å². The Balaban J connectivity index is 3.31. The molecular weight excluding hydrogens is 252 g/mol. The normalized spacial score (nSPS) is 13.1. The molecule has 0 radical (unpaired) electrons. The number of unbranched alkanes of at least 4 members (excludes halogenated alkanes) is 7. The molecule has 1 unspecified atom stereocenters. The second kappa shape index (κ2) is 14.7. The highest BCUT2D eigenvalue weighted by atomic mass is 32.2. The molecule has 0 rings (SSSR count). The van der Waals surface area contributed by atoms with Gasteiger partial charge in [0, 0.05) is 11.8 Å². The second-order valence-corrected chi connectivity index (χ2v) is 7.13. The summed E-state index contributed by atoms with van der Waals surface area (Å²) in [4.78, 5) is 0. The van der Waals surface area contributed by atoms with Crippen LogP contribution in [0.4, 0.5) is 0 Å². The molecule has 116 valence electrons. The van der Waals surface area contributed by atoms with Crippen molar-refractivity contribution in [3.63, 3.8) is 0 Å². The van der Waals surface area contributed by atoms with Gasteiger partial charge in [0.05, 0.1) is 0 Å². The van der Waals surface area contributed by atoms with Gasteiger partial charge in [0.2, 0.25) is 0 Å². The highest BCUT2D eigenvalue weighted by molar-refractivity contribution is 7.99. The second-order valence-electron chi connectivity index (χ2n) is 6.06. The smallest absolute Gasteiger partial charge is 0.0301 e. The van der Waals surface area contributed by atoms with Gasteiger partial charge in [0.25, 0.3) is 0 Å². The zero-order chi connectivity index (χ0) is 14.3. The molecule has 0 bridgehead atoms. The number of nitrogens with two attached hydrogens (primary N) is 1. The maximum Gasteiger partial charge on any atom is 0.0301 e. The molecule has 0 heterocycles. The van der Waals surface area contributed by atoms with Crippen molar-refractivity contribution in [3.8, 4) is 0 Å². The van der Waals surface area contributed by atoms with E-state index >= 15 is 0 Å². The number of rotatable bonds is 14. The van der Waals surface area contributed by atoms with E-state index in [1.54, 1.807) is 0 Å². The van der Waals surface area contributed by atoms with Crippen molar-refractivity contribution in [2.24, 2.45) is 11.8 Å². The first-order valence-corrected chi connectivity index (χ1v) is 9.40. The summed E-state index contributed by atoms with van der Waals surface area (Å²) in [5, 5.41) is 0. The summed E-state index contributed by atoms with van der Waals surface area (Å²) in [5.74, 6) is 8.81. The van der Waals surface area contributed by atoms with Crippen LogP contribution in [0.2, 0.25) is 0 Å². The summed E-state index contributed by atoms with van der Waals surface area (Å²) < 4.78 is 0. The predicted molar refractivity (Wildman–Crippen MR) is 90.5 cm³/mol. The van der Waals surface area contributed by atoms with E-state index in [-0.39, 0.29) is 0 Å². The molecule has 0 aliphatic rings. The van der Waals surface area contributed by atoms with Gasteiger partial charge in [0.1, 0.15) is 0 Å². The molecule has 19 heavy (non-hydrogen) atoms. The largest absolute Gasteiger partial charge is 0.271 e. The standard InChI is InChI=1S/C16H36N2S/c1-4-5-6-7-8-9-10-11-12-16(18-17)14-19-13-15(2)3/h15-16,18H,4-14,17H2,1-3H3. The van der Waals surface area contributed by atoms with E-state index in [0.29, 0.717) is 6.04 Å². The Kier molecular flexibility index (Phi) is 14.9. The third-order valence-electron chi connectivity index (χ3n) is 3.41. The molecule has 0 spiro atoms. The lowest BCUT2D eigenvalue weighted by molar-refractivity contribution is 0.491. The number of thioether (sulfide) groups is 1. The van der Waals surface area contributed by atoms with E-state index in [2.05, 4.69) is 26.2 Å². The lowest BCUT2D eigenvalue weighted by Crippen LogP contribution is -2.37. The third kappa shape index (κ3) is 14.5. The van der Waals surface area contributed by atoms with Crippen LogP contribution in [-0.4, -0.2) is 17.5 Å². The zero-order valence-corrected chi connectivity index (χ0v) is 14.2. The highest BCUT2D eigenvalue weighted by Gasteiger charge is 2.06. The van der Waals surface area contributed by atoms with E-state index in [1.807, 2.05) is 11.8 Å². The molecule has 3 N–H and O–H groups in total. The third-order valence-corrected chi connectivity index (χ3v) is 4.95. The Hall–Kier alpha value is 0.270. The first-order chi connectivity index (χ1) is 9.20. The molecule has 0 saturated carbocycles. The van der Waals surface area contributed by atoms with Crippen molar-refractivity contribution >= 4 is 11.8 Å². The summed E-state index contributed by atoms with van der Waals surface area (Å²) in [7, 11) is 0. The molecule has 2 nitrogen and oxygen atoms in total. The Labute approximate surface area is 125 Å². The Bertz CT molecular complexity index is 174. The Morgan fingerprint density at radius 2 is 1.47 bits per heavy atom. The van der Waals surface area contributed by atoms with Crippen molar-refractivity contribution in [1.82, 2.24) is 5.43 Å². The fourth-order valence-electron chi connectivity index (χ4n) is 2.19. The average Bonchev–Trinajstić information content (AvgIpc) is 2.39. The fourth-order valence-corrected chi connectivity index (χ4v) is 3.34. The van der Waals surface area contributed by atoms with Gasteiger partial charge in [-0.3, -0.25) is 11.3 Å². The van der Waals surface area contributed by atoms with E-state index in [0.717, 1.165) is 11.7 Å². The monoisotopic (exact) mass is 288 g/mol. The van der Waals surface area contributed by atoms with Gasteiger partial charge in [-0.1, -0.05) is 72.1 Å². The van der Waals surface area contributed by atoms with Crippen molar-refractivity contribution in [1.29, 1.82) is 0 Å². The van der Waals surface area contributed by atoms with Crippen LogP contribution >= 0.6 is 11.8 Å². The molecule has 0 aromatic heterocycles. The quantitative estimate of drug-likeness (QED) is 0.275. The van der Waals surface area contributed by atoms with Crippen LogP contribution in [0, 0.1) is 5.92 Å². The number of nitrogens with one attached hydrogen (secondary N) is 1. The summed E-state index contributed by atoms with van der Waals surface area (Å²) in [6.07, 6.45) is 12.4. The molecule has 1 atom stereocenters. The van der Waals surface area contributed by atoms with Crippen LogP contribution in [0.5, 0.6) is 0 Å². The predicted octanol–water partition coefficient (Wildman–Crippen LogP) is 4.74. The van der Waals surface area contributed by atoms with E-state index in [1.165, 1.54) is 63.5 Å². The molecule has 0 aromatic carbocycles. The van der Waals surface area contributed by atoms with Gasteiger partial charge in [-0.2, -0.15) is 11.8 Å². The average molecular weight is 289 g/mol. The summed E-state index contributed by atoms with van der Waals surface area (Å²) in [6, 6.07) is 0.504. The minimum Gasteiger partial charge on any atom is -0.271 e. The topological polar surface area (TPSA) is 38.0 Å². The van der Waals surface area contributed by atoms with E-state index < -0.39 is 0 Å². The molecular formula is C16H36N2S. The lowest BCUT2D eigenvalue weighted by atomic mass is 10.1. The van der Waals surface area contributed by atoms with Crippen LogP contribution in [0.15, 0.2) is 0 Å². The Morgan fingerprint density at radius 1 is 0.895 bits per heavy atom. The summed E-state index contributed by atoms with van der Waals surface area (Å²) in [6.45, 7) is 6.82. The van der Waals surface area contributed by atoms with Gasteiger partial charge in [-0.15, -0.1) is 0 Å². The SMILES string of the molecule is CCCCCCCCCCC(CSCC(C)C)NN. The Morgan fingerprint density at radius 3 is 2.00 bits per heavy atom. The van der Waals surface area contributed by atoms with Gasteiger partial charge in [-0.05, 0) is 18.1 Å². The minimum atomic E-state index is 0.504. The van der Waals surface area contributed by atoms with Crippen LogP contribution < -0.4 is 11.3 Å². The van der Waals surface area contributed by atoms with E-state index in [4.69, 9.17) is 5.84 Å². The van der Waals surface area contributed by atoms with Crippen molar-refractivity contribution in [2.75, 3.05) is 11.5 Å². The van der Waals surface area contributed by atoms with Crippen molar-refractivity contribution in [3.05, 3.63) is 0 Å². The summed E-state index contributed by atoms with van der Waals surface area (Å²) in [5.41, 5.74) is 2.97. The van der Waals surface area contributed by atoms with Crippen LogP contribution in [0.25, 0.3) is 0 Å². The number of hydrazine groups is 1. The molecule has 0 aliphatic heterocycles. The molecule has 0 aromatic rings. The maximum atomic E-state index is 5.62. The van der Waals surface area contributed by atoms with E-state index in [9.17, 15) is 0 Å². The van der Waals surface area contributed by atoms with Crippen LogP contribution in [0.3, 0.4) is 0 Å². The van der Waals surface area contributed by atoms with Crippen molar-refractivity contribution in [2.45, 2.75) is 84.6 Å². The molecule has 0 fully saturated rings. The van der Waals surface area contributed by atoms with Gasteiger partial charge >= 0.3 is 0 Å². The zero-order valence-electron chi connectivity index (χ0n) is 13.4. The van der Waals surface area contributed by atoms with Crippen LogP contribution in [0.1, 0.15) is 78.6 Å². The van der Waals surface area contributed by atoms with Gasteiger partial charge in [0.15, 0.2) is 0 Å². The molecule has 3 heteroatoms.